The predicted molar refractivity (Wildman–Crippen MR) is 197 cm³/mol. The Balaban J connectivity index is 1.91. The Morgan fingerprint density at radius 1 is 0.827 bits per heavy atom. The van der Waals surface area contributed by atoms with Crippen molar-refractivity contribution in [2.45, 2.75) is 62.3 Å². The zero-order valence-electron chi connectivity index (χ0n) is 28.7. The van der Waals surface area contributed by atoms with Gasteiger partial charge in [0.1, 0.15) is 29.9 Å². The first-order valence-corrected chi connectivity index (χ1v) is 17.9. The van der Waals surface area contributed by atoms with Gasteiger partial charge in [0.2, 0.25) is 23.6 Å². The summed E-state index contributed by atoms with van der Waals surface area (Å²) in [5.74, 6) is -4.07. The number of aromatic hydroxyl groups is 1. The Labute approximate surface area is 304 Å². The fourth-order valence-corrected chi connectivity index (χ4v) is 5.71. The first-order valence-electron chi connectivity index (χ1n) is 16.5. The van der Waals surface area contributed by atoms with Crippen LogP contribution >= 0.6 is 11.8 Å². The second kappa shape index (κ2) is 20.5. The number of aliphatic imine (C=N–C) groups is 1. The van der Waals surface area contributed by atoms with Crippen molar-refractivity contribution >= 4 is 58.2 Å². The van der Waals surface area contributed by atoms with Crippen molar-refractivity contribution < 1.29 is 39.3 Å². The summed E-state index contributed by atoms with van der Waals surface area (Å²) in [5, 5.41) is 39.7. The molecule has 0 fully saturated rings. The average molecular weight is 742 g/mol. The number of hydrogen-bond acceptors (Lipinski definition) is 10. The molecule has 0 unspecified atom stereocenters. The number of carbonyl (C=O) groups excluding carboxylic acids is 4. The maximum Gasteiger partial charge on any atom is 0.328 e. The van der Waals surface area contributed by atoms with Crippen LogP contribution in [0.1, 0.15) is 30.4 Å². The van der Waals surface area contributed by atoms with E-state index in [1.807, 2.05) is 24.3 Å². The molecule has 4 amide bonds. The van der Waals surface area contributed by atoms with Crippen molar-refractivity contribution in [3.05, 3.63) is 65.9 Å². The average Bonchev–Trinajstić information content (AvgIpc) is 3.52. The molecule has 5 atom stereocenters. The molecule has 0 aliphatic heterocycles. The molecule has 0 aliphatic rings. The van der Waals surface area contributed by atoms with Crippen molar-refractivity contribution in [1.82, 2.24) is 26.3 Å². The van der Waals surface area contributed by atoms with E-state index in [1.165, 1.54) is 23.9 Å². The Kier molecular flexibility index (Phi) is 16.2. The number of aliphatic carboxylic acids is 1. The van der Waals surface area contributed by atoms with Gasteiger partial charge >= 0.3 is 5.97 Å². The monoisotopic (exact) mass is 741 g/mol. The number of aromatic nitrogens is 1. The minimum Gasteiger partial charge on any atom is -0.508 e. The number of nitrogens with zero attached hydrogens (tertiary/aromatic N) is 1. The third kappa shape index (κ3) is 12.8. The minimum absolute atomic E-state index is 0.000719. The van der Waals surface area contributed by atoms with Gasteiger partial charge in [-0.3, -0.25) is 24.2 Å². The Morgan fingerprint density at radius 3 is 2.06 bits per heavy atom. The van der Waals surface area contributed by atoms with Gasteiger partial charge in [-0.05, 0) is 60.6 Å². The molecule has 0 radical (unpaired) electrons. The van der Waals surface area contributed by atoms with E-state index in [-0.39, 0.29) is 43.9 Å². The SMILES string of the molecule is CSCC[C@H](NC(=O)[C@H](Cc1c[nH]c2ccccc12)NC(=O)[C@H](Cc1ccc(O)cc1)NC(=O)[C@@H](N)CCCN=C(N)N)C(=O)N[C@@H](CO)C(=O)O. The summed E-state index contributed by atoms with van der Waals surface area (Å²) in [5.41, 5.74) is 18.9. The normalized spacial score (nSPS) is 13.9. The smallest absolute Gasteiger partial charge is 0.328 e. The maximum absolute atomic E-state index is 14.0. The van der Waals surface area contributed by atoms with E-state index in [2.05, 4.69) is 31.2 Å². The number of phenols is 1. The molecule has 0 saturated carbocycles. The van der Waals surface area contributed by atoms with E-state index >= 15 is 0 Å². The summed E-state index contributed by atoms with van der Waals surface area (Å²) in [7, 11) is 0. The van der Waals surface area contributed by atoms with Crippen molar-refractivity contribution in [2.24, 2.45) is 22.2 Å². The van der Waals surface area contributed by atoms with Gasteiger partial charge in [-0.2, -0.15) is 11.8 Å². The number of guanidine groups is 1. The molecule has 0 aliphatic carbocycles. The first-order chi connectivity index (χ1) is 24.8. The van der Waals surface area contributed by atoms with E-state index in [0.717, 1.165) is 10.9 Å². The van der Waals surface area contributed by atoms with Crippen molar-refractivity contribution in [3.63, 3.8) is 0 Å². The lowest BCUT2D eigenvalue weighted by Gasteiger charge is -2.26. The predicted octanol–water partition coefficient (Wildman–Crippen LogP) is -1.19. The highest BCUT2D eigenvalue weighted by molar-refractivity contribution is 7.98. The Bertz CT molecular complexity index is 1700. The van der Waals surface area contributed by atoms with Crippen molar-refractivity contribution in [2.75, 3.05) is 25.2 Å². The summed E-state index contributed by atoms with van der Waals surface area (Å²) < 4.78 is 0. The summed E-state index contributed by atoms with van der Waals surface area (Å²) in [6.45, 7) is -0.615. The van der Waals surface area contributed by atoms with Crippen LogP contribution in [0.15, 0.2) is 59.7 Å². The van der Waals surface area contributed by atoms with Crippen molar-refractivity contribution in [1.29, 1.82) is 0 Å². The van der Waals surface area contributed by atoms with Gasteiger partial charge in [-0.1, -0.05) is 30.3 Å². The van der Waals surface area contributed by atoms with Gasteiger partial charge in [-0.15, -0.1) is 0 Å². The molecule has 1 aromatic heterocycles. The first kappa shape index (κ1) is 41.1. The van der Waals surface area contributed by atoms with Crippen LogP contribution in [0.4, 0.5) is 0 Å². The number of hydrogen-bond donors (Lipinski definition) is 11. The summed E-state index contributed by atoms with van der Waals surface area (Å²) in [6.07, 6.45) is 4.15. The molecule has 2 aromatic carbocycles. The third-order valence-electron chi connectivity index (χ3n) is 8.09. The van der Waals surface area contributed by atoms with E-state index in [0.29, 0.717) is 23.3 Å². The zero-order chi connectivity index (χ0) is 38.2. The van der Waals surface area contributed by atoms with Crippen LogP contribution in [0, 0.1) is 0 Å². The van der Waals surface area contributed by atoms with Crippen LogP contribution in [0.2, 0.25) is 0 Å². The van der Waals surface area contributed by atoms with Crippen LogP contribution < -0.4 is 38.5 Å². The number of rotatable bonds is 21. The summed E-state index contributed by atoms with van der Waals surface area (Å²) in [6, 6.07) is 7.05. The number of aliphatic hydroxyl groups excluding tert-OH is 1. The molecule has 0 bridgehead atoms. The van der Waals surface area contributed by atoms with Crippen LogP contribution in [0.25, 0.3) is 10.9 Å². The summed E-state index contributed by atoms with van der Waals surface area (Å²) >= 11 is 1.40. The number of para-hydroxylation sites is 1. The van der Waals surface area contributed by atoms with Gasteiger partial charge < -0.3 is 58.8 Å². The molecule has 17 nitrogen and oxygen atoms in total. The number of aliphatic hydroxyl groups is 1. The van der Waals surface area contributed by atoms with Crippen molar-refractivity contribution in [3.8, 4) is 5.75 Å². The molecule has 0 spiro atoms. The number of nitrogens with one attached hydrogen (secondary N) is 5. The molecule has 1 heterocycles. The lowest BCUT2D eigenvalue weighted by molar-refractivity contribution is -0.143. The molecule has 3 rings (SSSR count). The zero-order valence-corrected chi connectivity index (χ0v) is 29.5. The topological polar surface area (TPSA) is 300 Å². The number of phenolic OH excluding ortho intramolecular Hbond substituents is 1. The number of amides is 4. The standard InChI is InChI=1S/C34H47N9O8S/c1-52-14-12-25(30(47)43-28(18-44)33(50)51)40-32(49)27(16-20-17-39-24-7-3-2-5-22(20)24)42-31(48)26(15-19-8-10-21(45)11-9-19)41-29(46)23(35)6-4-13-38-34(36)37/h2-3,5,7-11,17,23,25-28,39,44-45H,4,6,12-16,18,35H2,1H3,(H,40,49)(H,41,46)(H,42,48)(H,43,47)(H,50,51)(H4,36,37,38)/t23-,25-,26-,27-,28-/m0/s1. The molecule has 282 valence electrons. The van der Waals surface area contributed by atoms with E-state index in [4.69, 9.17) is 17.2 Å². The number of carboxylic acid groups (broad SMARTS) is 1. The number of carboxylic acids is 1. The Hall–Kier alpha value is -5.33. The van der Waals surface area contributed by atoms with Crippen LogP contribution in [0.3, 0.4) is 0 Å². The quantitative estimate of drug-likeness (QED) is 0.0349. The third-order valence-corrected chi connectivity index (χ3v) is 8.73. The minimum atomic E-state index is -1.59. The highest BCUT2D eigenvalue weighted by Gasteiger charge is 2.32. The number of fused-ring (bicyclic) bond motifs is 1. The number of benzene rings is 2. The van der Waals surface area contributed by atoms with E-state index in [1.54, 1.807) is 24.6 Å². The molecular formula is C34H47N9O8S. The van der Waals surface area contributed by atoms with Crippen LogP contribution in [-0.2, 0) is 36.8 Å². The van der Waals surface area contributed by atoms with Gasteiger partial charge in [-0.25, -0.2) is 4.79 Å². The lowest BCUT2D eigenvalue weighted by atomic mass is 10.0. The molecular weight excluding hydrogens is 694 g/mol. The number of nitrogens with two attached hydrogens (primary N) is 3. The fourth-order valence-electron chi connectivity index (χ4n) is 5.24. The molecule has 18 heteroatoms. The van der Waals surface area contributed by atoms with Crippen LogP contribution in [0.5, 0.6) is 5.75 Å². The van der Waals surface area contributed by atoms with E-state index in [9.17, 15) is 39.3 Å². The van der Waals surface area contributed by atoms with Gasteiger partial charge in [0.05, 0.1) is 12.6 Å². The largest absolute Gasteiger partial charge is 0.508 e. The van der Waals surface area contributed by atoms with Crippen LogP contribution in [-0.4, -0.2) is 111 Å². The fraction of sp³-hybridized carbons (Fsp3) is 0.412. The molecule has 3 aromatic rings. The van der Waals surface area contributed by atoms with Gasteiger partial charge in [0.15, 0.2) is 5.96 Å². The summed E-state index contributed by atoms with van der Waals surface area (Å²) in [4.78, 5) is 72.9. The molecule has 52 heavy (non-hydrogen) atoms. The number of H-pyrrole nitrogens is 1. The molecule has 0 saturated heterocycles. The number of thioether (sulfide) groups is 1. The Morgan fingerprint density at radius 2 is 1.42 bits per heavy atom. The van der Waals surface area contributed by atoms with E-state index < -0.39 is 66.4 Å². The highest BCUT2D eigenvalue weighted by Crippen LogP contribution is 2.20. The number of carbonyl (C=O) groups is 5. The van der Waals surface area contributed by atoms with Gasteiger partial charge in [0, 0.05) is 36.5 Å². The highest BCUT2D eigenvalue weighted by atomic mass is 32.2. The number of aromatic amines is 1. The molecule has 14 N–H and O–H groups in total. The lowest BCUT2D eigenvalue weighted by Crippen LogP contribution is -2.59. The van der Waals surface area contributed by atoms with Gasteiger partial charge in [0.25, 0.3) is 0 Å². The second-order valence-corrected chi connectivity index (χ2v) is 13.0. The maximum atomic E-state index is 14.0. The second-order valence-electron chi connectivity index (χ2n) is 12.0.